The van der Waals surface area contributed by atoms with E-state index in [0.29, 0.717) is 19.6 Å². The van der Waals surface area contributed by atoms with Crippen LogP contribution in [0.5, 0.6) is 0 Å². The molecule has 1 heterocycles. The molecule has 1 rings (SSSR count). The summed E-state index contributed by atoms with van der Waals surface area (Å²) in [6, 6.07) is 0. The molecule has 1 aromatic rings. The number of aromatic carboxylic acids is 1. The van der Waals surface area contributed by atoms with Gasteiger partial charge in [-0.2, -0.15) is 0 Å². The minimum Gasteiger partial charge on any atom is -0.476 e. The molecule has 0 aliphatic carbocycles. The number of aromatic nitrogens is 1. The number of methoxy groups -OCH3 is 1. The van der Waals surface area contributed by atoms with Crippen LogP contribution in [-0.2, 0) is 17.7 Å². The van der Waals surface area contributed by atoms with E-state index in [1.165, 1.54) is 11.3 Å². The van der Waals surface area contributed by atoms with Crippen molar-refractivity contribution >= 4 is 17.3 Å². The Morgan fingerprint density at radius 2 is 2.20 bits per heavy atom. The molecule has 0 fully saturated rings. The van der Waals surface area contributed by atoms with E-state index in [4.69, 9.17) is 4.74 Å². The molecule has 0 unspecified atom stereocenters. The summed E-state index contributed by atoms with van der Waals surface area (Å²) in [5.74, 6) is -0.938. The van der Waals surface area contributed by atoms with Crippen molar-refractivity contribution in [3.8, 4) is 0 Å². The van der Waals surface area contributed by atoms with E-state index >= 15 is 0 Å². The Morgan fingerprint density at radius 1 is 1.45 bits per heavy atom. The highest BCUT2D eigenvalue weighted by Gasteiger charge is 2.19. The first-order valence-corrected chi connectivity index (χ1v) is 7.87. The van der Waals surface area contributed by atoms with Gasteiger partial charge in [-0.1, -0.05) is 20.3 Å². The number of carboxylic acids is 1. The van der Waals surface area contributed by atoms with Crippen molar-refractivity contribution in [1.29, 1.82) is 0 Å². The highest BCUT2D eigenvalue weighted by Crippen LogP contribution is 2.21. The Labute approximate surface area is 124 Å². The van der Waals surface area contributed by atoms with Crippen LogP contribution < -0.4 is 0 Å². The van der Waals surface area contributed by atoms with Crippen molar-refractivity contribution in [2.45, 2.75) is 39.7 Å². The smallest absolute Gasteiger partial charge is 0.355 e. The number of unbranched alkanes of at least 4 members (excludes halogenated alkanes) is 1. The van der Waals surface area contributed by atoms with E-state index in [0.717, 1.165) is 35.8 Å². The van der Waals surface area contributed by atoms with Gasteiger partial charge in [0.25, 0.3) is 0 Å². The second-order valence-electron chi connectivity index (χ2n) is 4.65. The number of ether oxygens (including phenoxy) is 1. The van der Waals surface area contributed by atoms with Crippen LogP contribution in [-0.4, -0.2) is 47.8 Å². The van der Waals surface area contributed by atoms with E-state index in [-0.39, 0.29) is 5.69 Å². The van der Waals surface area contributed by atoms with Gasteiger partial charge < -0.3 is 9.84 Å². The topological polar surface area (TPSA) is 62.7 Å². The average molecular weight is 300 g/mol. The van der Waals surface area contributed by atoms with Crippen LogP contribution in [0.3, 0.4) is 0 Å². The van der Waals surface area contributed by atoms with Crippen LogP contribution >= 0.6 is 11.3 Å². The van der Waals surface area contributed by atoms with E-state index < -0.39 is 5.97 Å². The van der Waals surface area contributed by atoms with Crippen LogP contribution in [0.4, 0.5) is 0 Å². The van der Waals surface area contributed by atoms with Gasteiger partial charge in [0.2, 0.25) is 0 Å². The van der Waals surface area contributed by atoms with E-state index in [1.54, 1.807) is 7.11 Å². The lowest BCUT2D eigenvalue weighted by Crippen LogP contribution is -2.24. The summed E-state index contributed by atoms with van der Waals surface area (Å²) in [5.41, 5.74) is 0.205. The average Bonchev–Trinajstić information content (AvgIpc) is 2.84. The molecule has 1 N–H and O–H groups in total. The van der Waals surface area contributed by atoms with Gasteiger partial charge in [-0.25, -0.2) is 9.78 Å². The molecule has 0 spiro atoms. The number of carboxylic acid groups (broad SMARTS) is 1. The predicted octanol–water partition coefficient (Wildman–Crippen LogP) is 2.65. The van der Waals surface area contributed by atoms with Crippen LogP contribution in [0.25, 0.3) is 0 Å². The molecule has 0 amide bonds. The van der Waals surface area contributed by atoms with Gasteiger partial charge in [0, 0.05) is 20.1 Å². The van der Waals surface area contributed by atoms with Gasteiger partial charge in [-0.3, -0.25) is 4.90 Å². The van der Waals surface area contributed by atoms with Crippen molar-refractivity contribution < 1.29 is 14.6 Å². The van der Waals surface area contributed by atoms with Crippen molar-refractivity contribution in [2.75, 3.05) is 26.8 Å². The lowest BCUT2D eigenvalue weighted by atomic mass is 10.3. The number of hydrogen-bond acceptors (Lipinski definition) is 5. The van der Waals surface area contributed by atoms with Gasteiger partial charge in [0.1, 0.15) is 0 Å². The fraction of sp³-hybridized carbons (Fsp3) is 0.714. The fourth-order valence-corrected chi connectivity index (χ4v) is 2.99. The van der Waals surface area contributed by atoms with Gasteiger partial charge in [0.05, 0.1) is 16.5 Å². The maximum absolute atomic E-state index is 11.3. The van der Waals surface area contributed by atoms with Crippen molar-refractivity contribution in [3.63, 3.8) is 0 Å². The van der Waals surface area contributed by atoms with E-state index in [1.807, 2.05) is 0 Å². The molecule has 0 saturated heterocycles. The first-order valence-electron chi connectivity index (χ1n) is 7.05. The zero-order valence-corrected chi connectivity index (χ0v) is 13.3. The molecule has 6 heteroatoms. The molecule has 0 aliphatic heterocycles. The predicted molar refractivity (Wildman–Crippen MR) is 80.5 cm³/mol. The first kappa shape index (κ1) is 17.1. The Bertz CT molecular complexity index is 421. The van der Waals surface area contributed by atoms with Gasteiger partial charge in [0.15, 0.2) is 5.69 Å². The summed E-state index contributed by atoms with van der Waals surface area (Å²) in [7, 11) is 1.64. The number of hydrogen-bond donors (Lipinski definition) is 1. The summed E-state index contributed by atoms with van der Waals surface area (Å²) in [5, 5.41) is 10.1. The molecule has 0 bridgehead atoms. The second kappa shape index (κ2) is 9.05. The van der Waals surface area contributed by atoms with Gasteiger partial charge in [-0.15, -0.1) is 11.3 Å². The third-order valence-electron chi connectivity index (χ3n) is 3.11. The van der Waals surface area contributed by atoms with Crippen LogP contribution in [0.15, 0.2) is 0 Å². The standard InChI is InChI=1S/C14H24N2O3S/c1-4-6-8-16(5-2)10-11-13(14(17)18)15-12(20-11)7-9-19-3/h4-10H2,1-3H3,(H,17,18). The number of carbonyl (C=O) groups is 1. The Balaban J connectivity index is 2.79. The largest absolute Gasteiger partial charge is 0.476 e. The molecule has 5 nitrogen and oxygen atoms in total. The molecular weight excluding hydrogens is 276 g/mol. The molecule has 0 aromatic carbocycles. The van der Waals surface area contributed by atoms with Crippen molar-refractivity contribution in [3.05, 3.63) is 15.6 Å². The molecule has 1 aromatic heterocycles. The quantitative estimate of drug-likeness (QED) is 0.720. The third-order valence-corrected chi connectivity index (χ3v) is 4.21. The molecule has 0 saturated carbocycles. The summed E-state index contributed by atoms with van der Waals surface area (Å²) in [6.07, 6.45) is 2.94. The maximum atomic E-state index is 11.3. The monoisotopic (exact) mass is 300 g/mol. The van der Waals surface area contributed by atoms with Gasteiger partial charge in [-0.05, 0) is 19.5 Å². The minimum absolute atomic E-state index is 0.205. The third kappa shape index (κ3) is 5.19. The lowest BCUT2D eigenvalue weighted by molar-refractivity contribution is 0.0688. The van der Waals surface area contributed by atoms with Crippen LogP contribution in [0.2, 0.25) is 0 Å². The molecule has 114 valence electrons. The fourth-order valence-electron chi connectivity index (χ4n) is 1.90. The SMILES string of the molecule is CCCCN(CC)Cc1sc(CCOC)nc1C(=O)O. The molecule has 0 radical (unpaired) electrons. The number of rotatable bonds is 10. The molecular formula is C14H24N2O3S. The summed E-state index contributed by atoms with van der Waals surface area (Å²) in [6.45, 7) is 7.42. The normalized spacial score (nSPS) is 11.2. The maximum Gasteiger partial charge on any atom is 0.355 e. The zero-order valence-electron chi connectivity index (χ0n) is 12.5. The van der Waals surface area contributed by atoms with Crippen LogP contribution in [0, 0.1) is 0 Å². The highest BCUT2D eigenvalue weighted by molar-refractivity contribution is 7.11. The Hall–Kier alpha value is -0.980. The van der Waals surface area contributed by atoms with E-state index in [2.05, 4.69) is 23.7 Å². The zero-order chi connectivity index (χ0) is 15.0. The number of nitrogens with zero attached hydrogens (tertiary/aromatic N) is 2. The second-order valence-corrected chi connectivity index (χ2v) is 5.82. The molecule has 20 heavy (non-hydrogen) atoms. The Morgan fingerprint density at radius 3 is 2.75 bits per heavy atom. The summed E-state index contributed by atoms with van der Waals surface area (Å²) in [4.78, 5) is 18.6. The van der Waals surface area contributed by atoms with Crippen LogP contribution in [0.1, 0.15) is 47.1 Å². The summed E-state index contributed by atoms with van der Waals surface area (Å²) < 4.78 is 5.02. The summed E-state index contributed by atoms with van der Waals surface area (Å²) >= 11 is 1.49. The lowest BCUT2D eigenvalue weighted by Gasteiger charge is -2.19. The van der Waals surface area contributed by atoms with Gasteiger partial charge >= 0.3 is 5.97 Å². The van der Waals surface area contributed by atoms with E-state index in [9.17, 15) is 9.90 Å². The Kier molecular flexibility index (Phi) is 7.72. The number of thiazole rings is 1. The first-order chi connectivity index (χ1) is 9.62. The van der Waals surface area contributed by atoms with Crippen molar-refractivity contribution in [1.82, 2.24) is 9.88 Å². The minimum atomic E-state index is -0.938. The molecule has 0 aliphatic rings. The van der Waals surface area contributed by atoms with Crippen molar-refractivity contribution in [2.24, 2.45) is 0 Å². The highest BCUT2D eigenvalue weighted by atomic mass is 32.1. The molecule has 0 atom stereocenters.